The maximum absolute atomic E-state index is 10.3. The van der Waals surface area contributed by atoms with Crippen LogP contribution in [0.25, 0.3) is 122 Å². The van der Waals surface area contributed by atoms with E-state index >= 15 is 0 Å². The maximum Gasteiger partial charge on any atom is 0.164 e. The zero-order valence-electron chi connectivity index (χ0n) is 36.9. The van der Waals surface area contributed by atoms with E-state index in [9.17, 15) is 5.26 Å². The number of benzene rings is 11. The number of nitriles is 1. The number of fused-ring (bicyclic) bond motifs is 4. The number of hydrogen-bond donors (Lipinski definition) is 0. The van der Waals surface area contributed by atoms with Crippen LogP contribution in [-0.4, -0.2) is 15.0 Å². The Bertz CT molecular complexity index is 3940. The van der Waals surface area contributed by atoms with Gasteiger partial charge in [0.15, 0.2) is 17.5 Å². The first-order valence-electron chi connectivity index (χ1n) is 22.8. The molecule has 1 heterocycles. The summed E-state index contributed by atoms with van der Waals surface area (Å²) in [5, 5.41) is 17.5. The highest BCUT2D eigenvalue weighted by Crippen LogP contribution is 2.44. The van der Waals surface area contributed by atoms with Gasteiger partial charge in [0.2, 0.25) is 0 Å². The van der Waals surface area contributed by atoms with Gasteiger partial charge in [-0.1, -0.05) is 212 Å². The minimum absolute atomic E-state index is 0.576. The summed E-state index contributed by atoms with van der Waals surface area (Å²) in [5.41, 5.74) is 13.8. The van der Waals surface area contributed by atoms with Gasteiger partial charge in [-0.15, -0.1) is 0 Å². The molecule has 1 aromatic heterocycles. The first-order chi connectivity index (χ1) is 33.7. The Morgan fingerprint density at radius 3 is 1.43 bits per heavy atom. The summed E-state index contributed by atoms with van der Waals surface area (Å²) in [6.07, 6.45) is 0. The molecule has 11 aromatic carbocycles. The minimum Gasteiger partial charge on any atom is -0.208 e. The van der Waals surface area contributed by atoms with Gasteiger partial charge in [-0.25, -0.2) is 15.0 Å². The lowest BCUT2D eigenvalue weighted by atomic mass is 9.85. The molecule has 12 aromatic rings. The molecular weight excluding hydrogens is 825 g/mol. The zero-order valence-corrected chi connectivity index (χ0v) is 36.9. The van der Waals surface area contributed by atoms with Gasteiger partial charge in [-0.05, 0) is 118 Å². The number of nitrogens with zero attached hydrogens (tertiary/aromatic N) is 4. The Hall–Kier alpha value is -9.30. The molecule has 4 heteroatoms. The highest BCUT2D eigenvalue weighted by Gasteiger charge is 2.20. The summed E-state index contributed by atoms with van der Waals surface area (Å²) in [6.45, 7) is 0. The Labute approximate surface area is 394 Å². The third-order valence-electron chi connectivity index (χ3n) is 13.0. The van der Waals surface area contributed by atoms with Crippen LogP contribution in [0.3, 0.4) is 0 Å². The van der Waals surface area contributed by atoms with E-state index in [1.165, 1.54) is 37.9 Å². The normalized spacial score (nSPS) is 11.2. The van der Waals surface area contributed by atoms with Crippen LogP contribution in [0.15, 0.2) is 243 Å². The highest BCUT2D eigenvalue weighted by molar-refractivity contribution is 6.15. The average Bonchev–Trinajstić information content (AvgIpc) is 3.42. The summed E-state index contributed by atoms with van der Waals surface area (Å²) >= 11 is 0. The van der Waals surface area contributed by atoms with Crippen molar-refractivity contribution in [1.29, 1.82) is 5.26 Å². The van der Waals surface area contributed by atoms with Gasteiger partial charge in [-0.2, -0.15) is 5.26 Å². The van der Waals surface area contributed by atoms with Crippen molar-refractivity contribution >= 4 is 32.3 Å². The van der Waals surface area contributed by atoms with Crippen LogP contribution in [-0.2, 0) is 0 Å². The molecule has 0 amide bonds. The molecule has 12 rings (SSSR count). The second kappa shape index (κ2) is 17.2. The zero-order chi connectivity index (χ0) is 45.4. The highest BCUT2D eigenvalue weighted by atomic mass is 15.0. The third kappa shape index (κ3) is 7.35. The van der Waals surface area contributed by atoms with E-state index in [2.05, 4.69) is 194 Å². The summed E-state index contributed by atoms with van der Waals surface area (Å²) in [6, 6.07) is 87.1. The lowest BCUT2D eigenvalue weighted by Gasteiger charge is -2.18. The van der Waals surface area contributed by atoms with Crippen LogP contribution >= 0.6 is 0 Å². The van der Waals surface area contributed by atoms with Crippen LogP contribution in [0.1, 0.15) is 5.56 Å². The standard InChI is InChI=1S/C64H40N4/c65-41-42-33-36-57(54-28-11-13-30-56(54)61-40-48-21-6-7-24-50(48)53-27-10-12-29-55(53)61)60(37-42)47-23-16-22-46(39-47)51-25-8-14-31-58(51)63-66-62(44-18-2-1-3-19-44)67-64(68-63)59-32-15-9-26-52(59)49-35-34-43-17-4-5-20-45(43)38-49/h1-40H. The van der Waals surface area contributed by atoms with E-state index in [1.54, 1.807) is 0 Å². The summed E-state index contributed by atoms with van der Waals surface area (Å²) in [4.78, 5) is 15.7. The van der Waals surface area contributed by atoms with Crippen LogP contribution in [0, 0.1) is 11.3 Å². The predicted octanol–water partition coefficient (Wildman–Crippen LogP) is 16.5. The minimum atomic E-state index is 0.576. The second-order valence-electron chi connectivity index (χ2n) is 17.0. The van der Waals surface area contributed by atoms with Crippen LogP contribution < -0.4 is 0 Å². The van der Waals surface area contributed by atoms with Crippen LogP contribution in [0.5, 0.6) is 0 Å². The fourth-order valence-electron chi connectivity index (χ4n) is 9.72. The van der Waals surface area contributed by atoms with Gasteiger partial charge in [0.1, 0.15) is 0 Å². The number of aromatic nitrogens is 3. The van der Waals surface area contributed by atoms with Crippen molar-refractivity contribution in [2.24, 2.45) is 0 Å². The van der Waals surface area contributed by atoms with Gasteiger partial charge >= 0.3 is 0 Å². The molecule has 0 aliphatic heterocycles. The van der Waals surface area contributed by atoms with Gasteiger partial charge in [0.25, 0.3) is 0 Å². The number of hydrogen-bond acceptors (Lipinski definition) is 4. The molecule has 0 saturated carbocycles. The van der Waals surface area contributed by atoms with Crippen molar-refractivity contribution in [1.82, 2.24) is 15.0 Å². The van der Waals surface area contributed by atoms with Crippen molar-refractivity contribution in [2.45, 2.75) is 0 Å². The Balaban J connectivity index is 1.00. The Morgan fingerprint density at radius 1 is 0.250 bits per heavy atom. The molecular formula is C64H40N4. The summed E-state index contributed by atoms with van der Waals surface area (Å²) < 4.78 is 0. The number of rotatable bonds is 8. The van der Waals surface area contributed by atoms with E-state index < -0.39 is 0 Å². The van der Waals surface area contributed by atoms with E-state index in [1.807, 2.05) is 54.6 Å². The quantitative estimate of drug-likeness (QED) is 0.143. The smallest absolute Gasteiger partial charge is 0.164 e. The molecule has 0 aliphatic carbocycles. The topological polar surface area (TPSA) is 62.5 Å². The monoisotopic (exact) mass is 864 g/mol. The molecule has 0 aliphatic rings. The summed E-state index contributed by atoms with van der Waals surface area (Å²) in [5.74, 6) is 1.77. The molecule has 0 unspecified atom stereocenters. The molecule has 0 atom stereocenters. The van der Waals surface area contributed by atoms with Crippen molar-refractivity contribution in [2.75, 3.05) is 0 Å². The second-order valence-corrected chi connectivity index (χ2v) is 17.0. The van der Waals surface area contributed by atoms with E-state index in [0.717, 1.165) is 66.8 Å². The molecule has 0 saturated heterocycles. The van der Waals surface area contributed by atoms with Crippen LogP contribution in [0.4, 0.5) is 0 Å². The molecule has 0 N–H and O–H groups in total. The Kier molecular flexibility index (Phi) is 10.2. The van der Waals surface area contributed by atoms with Gasteiger partial charge in [0.05, 0.1) is 11.6 Å². The lowest BCUT2D eigenvalue weighted by molar-refractivity contribution is 1.07. The summed E-state index contributed by atoms with van der Waals surface area (Å²) in [7, 11) is 0. The van der Waals surface area contributed by atoms with Gasteiger partial charge in [0, 0.05) is 16.7 Å². The fourth-order valence-corrected chi connectivity index (χ4v) is 9.72. The maximum atomic E-state index is 10.3. The van der Waals surface area contributed by atoms with E-state index in [4.69, 9.17) is 15.0 Å². The van der Waals surface area contributed by atoms with Crippen molar-refractivity contribution in [3.05, 3.63) is 248 Å². The molecule has 4 nitrogen and oxygen atoms in total. The largest absolute Gasteiger partial charge is 0.208 e. The molecule has 0 radical (unpaired) electrons. The van der Waals surface area contributed by atoms with Crippen molar-refractivity contribution in [3.63, 3.8) is 0 Å². The predicted molar refractivity (Wildman–Crippen MR) is 281 cm³/mol. The lowest BCUT2D eigenvalue weighted by Crippen LogP contribution is -2.02. The molecule has 0 spiro atoms. The van der Waals surface area contributed by atoms with Gasteiger partial charge < -0.3 is 0 Å². The average molecular weight is 865 g/mol. The first-order valence-corrected chi connectivity index (χ1v) is 22.8. The Morgan fingerprint density at radius 2 is 0.735 bits per heavy atom. The molecule has 0 fully saturated rings. The van der Waals surface area contributed by atoms with E-state index in [-0.39, 0.29) is 0 Å². The van der Waals surface area contributed by atoms with E-state index in [0.29, 0.717) is 23.0 Å². The SMILES string of the molecule is N#Cc1ccc(-c2ccccc2-c2cc3ccccc3c3ccccc23)c(-c2cccc(-c3ccccc3-c3nc(-c4ccccc4)nc(-c4ccccc4-c4ccc5ccccc5c4)n3)c2)c1. The first kappa shape index (κ1) is 40.2. The molecule has 0 bridgehead atoms. The van der Waals surface area contributed by atoms with Crippen molar-refractivity contribution in [3.8, 4) is 95.9 Å². The third-order valence-corrected chi connectivity index (χ3v) is 13.0. The molecule has 316 valence electrons. The fraction of sp³-hybridized carbons (Fsp3) is 0. The van der Waals surface area contributed by atoms with Crippen molar-refractivity contribution < 1.29 is 0 Å². The van der Waals surface area contributed by atoms with Crippen LogP contribution in [0.2, 0.25) is 0 Å². The van der Waals surface area contributed by atoms with Gasteiger partial charge in [-0.3, -0.25) is 0 Å². The molecule has 68 heavy (non-hydrogen) atoms.